The molecule has 0 saturated heterocycles. The number of carbonyl (C=O) groups excluding carboxylic acids is 1. The Morgan fingerprint density at radius 1 is 1.05 bits per heavy atom. The van der Waals surface area contributed by atoms with Gasteiger partial charge in [0.25, 0.3) is 5.78 Å². The first-order valence-electron chi connectivity index (χ1n) is 5.63. The summed E-state index contributed by atoms with van der Waals surface area (Å²) in [5.74, 6) is -1.82. The molecule has 0 fully saturated rings. The first kappa shape index (κ1) is 13.4. The van der Waals surface area contributed by atoms with Gasteiger partial charge in [-0.2, -0.15) is 13.2 Å². The number of ketones is 1. The van der Waals surface area contributed by atoms with Crippen molar-refractivity contribution in [3.8, 4) is 0 Å². The molecule has 0 bridgehead atoms. The molecule has 2 rings (SSSR count). The molecule has 0 atom stereocenters. The van der Waals surface area contributed by atoms with E-state index in [1.54, 1.807) is 38.4 Å². The zero-order valence-electron chi connectivity index (χ0n) is 10.5. The first-order valence-corrected chi connectivity index (χ1v) is 5.63. The Bertz CT molecular complexity index is 632. The Morgan fingerprint density at radius 3 is 2.26 bits per heavy atom. The SMILES string of the molecule is CN(C)c1c(C(=O)C(F)(F)F)ccc2ccccc12. The highest BCUT2D eigenvalue weighted by molar-refractivity contribution is 6.11. The number of carbonyl (C=O) groups is 1. The van der Waals surface area contributed by atoms with Gasteiger partial charge >= 0.3 is 6.18 Å². The maximum atomic E-state index is 12.6. The minimum atomic E-state index is -4.87. The van der Waals surface area contributed by atoms with E-state index in [-0.39, 0.29) is 5.56 Å². The number of alkyl halides is 3. The van der Waals surface area contributed by atoms with E-state index in [4.69, 9.17) is 0 Å². The summed E-state index contributed by atoms with van der Waals surface area (Å²) in [6, 6.07) is 9.79. The molecule has 5 heteroatoms. The van der Waals surface area contributed by atoms with Crippen LogP contribution in [0, 0.1) is 0 Å². The molecule has 2 aromatic carbocycles. The van der Waals surface area contributed by atoms with Gasteiger partial charge in [0.05, 0.1) is 11.3 Å². The zero-order valence-corrected chi connectivity index (χ0v) is 10.5. The van der Waals surface area contributed by atoms with Gasteiger partial charge in [-0.1, -0.05) is 30.3 Å². The molecule has 0 unspecified atom stereocenters. The largest absolute Gasteiger partial charge is 0.454 e. The van der Waals surface area contributed by atoms with Crippen LogP contribution in [-0.4, -0.2) is 26.1 Å². The number of hydrogen-bond donors (Lipinski definition) is 0. The van der Waals surface area contributed by atoms with Crippen LogP contribution in [0.3, 0.4) is 0 Å². The summed E-state index contributed by atoms with van der Waals surface area (Å²) in [7, 11) is 3.24. The zero-order chi connectivity index (χ0) is 14.2. The third kappa shape index (κ3) is 2.41. The molecule has 0 aliphatic rings. The molecule has 0 aliphatic carbocycles. The van der Waals surface area contributed by atoms with Crippen molar-refractivity contribution in [3.05, 3.63) is 42.0 Å². The smallest absolute Gasteiger partial charge is 0.377 e. The summed E-state index contributed by atoms with van der Waals surface area (Å²) in [6.45, 7) is 0. The number of anilines is 1. The standard InChI is InChI=1S/C14H12F3NO/c1-18(2)12-10-6-4-3-5-9(10)7-8-11(12)13(19)14(15,16)17/h3-8H,1-2H3. The van der Waals surface area contributed by atoms with Gasteiger partial charge in [-0.25, -0.2) is 0 Å². The lowest BCUT2D eigenvalue weighted by Crippen LogP contribution is -2.25. The number of rotatable bonds is 2. The minimum absolute atomic E-state index is 0.292. The molecule has 0 aromatic heterocycles. The molecule has 19 heavy (non-hydrogen) atoms. The highest BCUT2D eigenvalue weighted by Crippen LogP contribution is 2.33. The predicted octanol–water partition coefficient (Wildman–Crippen LogP) is 3.65. The Labute approximate surface area is 108 Å². The molecule has 0 amide bonds. The maximum Gasteiger partial charge on any atom is 0.454 e. The van der Waals surface area contributed by atoms with Crippen LogP contribution >= 0.6 is 0 Å². The number of halogens is 3. The summed E-state index contributed by atoms with van der Waals surface area (Å²) in [5.41, 5.74) is -0.0309. The van der Waals surface area contributed by atoms with Crippen molar-refractivity contribution in [1.82, 2.24) is 0 Å². The summed E-state index contributed by atoms with van der Waals surface area (Å²) >= 11 is 0. The number of hydrogen-bond acceptors (Lipinski definition) is 2. The molecule has 0 N–H and O–H groups in total. The summed E-state index contributed by atoms with van der Waals surface area (Å²) in [5, 5.41) is 1.42. The predicted molar refractivity (Wildman–Crippen MR) is 68.7 cm³/mol. The fourth-order valence-corrected chi connectivity index (χ4v) is 2.07. The van der Waals surface area contributed by atoms with Crippen molar-refractivity contribution in [2.24, 2.45) is 0 Å². The molecule has 0 aliphatic heterocycles. The Hall–Kier alpha value is -2.04. The van der Waals surface area contributed by atoms with Crippen LogP contribution in [0.5, 0.6) is 0 Å². The monoisotopic (exact) mass is 267 g/mol. The van der Waals surface area contributed by atoms with Crippen LogP contribution < -0.4 is 4.90 Å². The molecule has 2 nitrogen and oxygen atoms in total. The van der Waals surface area contributed by atoms with E-state index in [1.807, 2.05) is 0 Å². The van der Waals surface area contributed by atoms with E-state index >= 15 is 0 Å². The van der Waals surface area contributed by atoms with Crippen molar-refractivity contribution in [2.45, 2.75) is 6.18 Å². The lowest BCUT2D eigenvalue weighted by Gasteiger charge is -2.20. The van der Waals surface area contributed by atoms with E-state index < -0.39 is 12.0 Å². The molecule has 100 valence electrons. The molecule has 2 aromatic rings. The Morgan fingerprint density at radius 2 is 1.68 bits per heavy atom. The van der Waals surface area contributed by atoms with Gasteiger partial charge in [0.1, 0.15) is 0 Å². The fraction of sp³-hybridized carbons (Fsp3) is 0.214. The van der Waals surface area contributed by atoms with Crippen LogP contribution in [0.15, 0.2) is 36.4 Å². The molecule has 0 saturated carbocycles. The third-order valence-corrected chi connectivity index (χ3v) is 2.85. The lowest BCUT2D eigenvalue weighted by atomic mass is 10.0. The van der Waals surface area contributed by atoms with Crippen molar-refractivity contribution < 1.29 is 18.0 Å². The van der Waals surface area contributed by atoms with Crippen LogP contribution in [-0.2, 0) is 0 Å². The Kier molecular flexibility index (Phi) is 3.22. The maximum absolute atomic E-state index is 12.6. The lowest BCUT2D eigenvalue weighted by molar-refractivity contribution is -0.0884. The first-order chi connectivity index (χ1) is 8.82. The number of fused-ring (bicyclic) bond motifs is 1. The molecule has 0 heterocycles. The van der Waals surface area contributed by atoms with Crippen LogP contribution in [0.4, 0.5) is 18.9 Å². The van der Waals surface area contributed by atoms with E-state index in [9.17, 15) is 18.0 Å². The van der Waals surface area contributed by atoms with Crippen molar-refractivity contribution >= 4 is 22.2 Å². The van der Waals surface area contributed by atoms with E-state index in [0.717, 1.165) is 5.39 Å². The van der Waals surface area contributed by atoms with Crippen LogP contribution in [0.1, 0.15) is 10.4 Å². The van der Waals surface area contributed by atoms with E-state index in [1.165, 1.54) is 17.0 Å². The third-order valence-electron chi connectivity index (χ3n) is 2.85. The minimum Gasteiger partial charge on any atom is -0.377 e. The molecule has 0 spiro atoms. The van der Waals surface area contributed by atoms with Crippen LogP contribution in [0.2, 0.25) is 0 Å². The van der Waals surface area contributed by atoms with Gasteiger partial charge in [-0.15, -0.1) is 0 Å². The summed E-state index contributed by atoms with van der Waals surface area (Å²) in [4.78, 5) is 13.0. The average Bonchev–Trinajstić information content (AvgIpc) is 2.35. The number of Topliss-reactive ketones (excluding diaryl/α,β-unsaturated/α-hetero) is 1. The van der Waals surface area contributed by atoms with Crippen LogP contribution in [0.25, 0.3) is 10.8 Å². The van der Waals surface area contributed by atoms with E-state index in [2.05, 4.69) is 0 Å². The Balaban J connectivity index is 2.75. The highest BCUT2D eigenvalue weighted by atomic mass is 19.4. The van der Waals surface area contributed by atoms with E-state index in [0.29, 0.717) is 11.1 Å². The topological polar surface area (TPSA) is 20.3 Å². The van der Waals surface area contributed by atoms with Crippen molar-refractivity contribution in [1.29, 1.82) is 0 Å². The second kappa shape index (κ2) is 4.57. The number of nitrogens with zero attached hydrogens (tertiary/aromatic N) is 1. The van der Waals surface area contributed by atoms with Gasteiger partial charge in [0, 0.05) is 19.5 Å². The quantitative estimate of drug-likeness (QED) is 0.774. The normalized spacial score (nSPS) is 11.6. The van der Waals surface area contributed by atoms with Gasteiger partial charge in [-0.05, 0) is 11.5 Å². The highest BCUT2D eigenvalue weighted by Gasteiger charge is 2.40. The summed E-state index contributed by atoms with van der Waals surface area (Å²) < 4.78 is 37.8. The van der Waals surface area contributed by atoms with Crippen molar-refractivity contribution in [3.63, 3.8) is 0 Å². The van der Waals surface area contributed by atoms with Gasteiger partial charge in [0.15, 0.2) is 0 Å². The number of benzene rings is 2. The fourth-order valence-electron chi connectivity index (χ4n) is 2.07. The average molecular weight is 267 g/mol. The second-order valence-corrected chi connectivity index (χ2v) is 4.40. The summed E-state index contributed by atoms with van der Waals surface area (Å²) in [6.07, 6.45) is -4.87. The van der Waals surface area contributed by atoms with Gasteiger partial charge in [-0.3, -0.25) is 4.79 Å². The molecule has 0 radical (unpaired) electrons. The molecular weight excluding hydrogens is 255 g/mol. The molecular formula is C14H12F3NO. The van der Waals surface area contributed by atoms with Gasteiger partial charge in [0.2, 0.25) is 0 Å². The second-order valence-electron chi connectivity index (χ2n) is 4.40. The van der Waals surface area contributed by atoms with Crippen molar-refractivity contribution in [2.75, 3.05) is 19.0 Å². The van der Waals surface area contributed by atoms with Gasteiger partial charge < -0.3 is 4.90 Å².